The molecule has 1 unspecified atom stereocenters. The average molecular weight is 649 g/mol. The van der Waals surface area contributed by atoms with Gasteiger partial charge in [0.05, 0.1) is 11.0 Å². The fourth-order valence-corrected chi connectivity index (χ4v) is 6.77. The summed E-state index contributed by atoms with van der Waals surface area (Å²) in [6.45, 7) is 3.91. The molecule has 1 saturated heterocycles. The lowest BCUT2D eigenvalue weighted by molar-refractivity contribution is -0.123. The SMILES string of the molecule is NC(=O)C(c1ccccc1)(c1ccc(Nc2ncnc3ccccc23)cc1F)n1cc2cc(-c3ccc(N4CCNCC4)cc3)ccc2n1. The highest BCUT2D eigenvalue weighted by Gasteiger charge is 2.45. The monoisotopic (exact) mass is 648 g/mol. The molecule has 1 aliphatic heterocycles. The van der Waals surface area contributed by atoms with E-state index in [1.165, 1.54) is 22.8 Å². The van der Waals surface area contributed by atoms with Crippen LogP contribution in [0, 0.1) is 5.82 Å². The number of halogens is 1. The number of para-hydroxylation sites is 1. The first-order valence-corrected chi connectivity index (χ1v) is 16.2. The summed E-state index contributed by atoms with van der Waals surface area (Å²) in [4.78, 5) is 24.8. The second-order valence-electron chi connectivity index (χ2n) is 12.1. The molecule has 3 heterocycles. The van der Waals surface area contributed by atoms with Crippen molar-refractivity contribution in [2.24, 2.45) is 5.73 Å². The molecule has 1 amide bonds. The normalized spacial score (nSPS) is 14.5. The van der Waals surface area contributed by atoms with E-state index in [1.54, 1.807) is 42.6 Å². The predicted octanol–water partition coefficient (Wildman–Crippen LogP) is 6.22. The number of nitrogens with one attached hydrogen (secondary N) is 2. The van der Waals surface area contributed by atoms with E-state index in [-0.39, 0.29) is 5.56 Å². The lowest BCUT2D eigenvalue weighted by Gasteiger charge is -2.32. The number of amides is 1. The molecule has 242 valence electrons. The number of fused-ring (bicyclic) bond motifs is 2. The summed E-state index contributed by atoms with van der Waals surface area (Å²) in [6, 6.07) is 35.7. The Morgan fingerprint density at radius 2 is 1.57 bits per heavy atom. The Morgan fingerprint density at radius 3 is 2.35 bits per heavy atom. The Morgan fingerprint density at radius 1 is 0.816 bits per heavy atom. The third kappa shape index (κ3) is 5.41. The van der Waals surface area contributed by atoms with Crippen molar-refractivity contribution in [3.05, 3.63) is 145 Å². The minimum atomic E-state index is -1.78. The van der Waals surface area contributed by atoms with Crippen molar-refractivity contribution in [2.45, 2.75) is 5.54 Å². The molecule has 7 aromatic rings. The molecule has 0 saturated carbocycles. The molecule has 49 heavy (non-hydrogen) atoms. The van der Waals surface area contributed by atoms with Crippen molar-refractivity contribution in [2.75, 3.05) is 36.4 Å². The topological polar surface area (TPSA) is 114 Å². The van der Waals surface area contributed by atoms with Gasteiger partial charge in [0.15, 0.2) is 5.54 Å². The summed E-state index contributed by atoms with van der Waals surface area (Å²) in [7, 11) is 0. The molecule has 1 aliphatic rings. The minimum Gasteiger partial charge on any atom is -0.369 e. The summed E-state index contributed by atoms with van der Waals surface area (Å²) < 4.78 is 18.0. The summed E-state index contributed by atoms with van der Waals surface area (Å²) in [5, 5.41) is 13.0. The van der Waals surface area contributed by atoms with Crippen LogP contribution in [0.4, 0.5) is 21.6 Å². The van der Waals surface area contributed by atoms with Gasteiger partial charge in [-0.2, -0.15) is 5.10 Å². The molecule has 1 atom stereocenters. The van der Waals surface area contributed by atoms with Crippen LogP contribution in [0.3, 0.4) is 0 Å². The number of carbonyl (C=O) groups excluding carboxylic acids is 1. The zero-order valence-electron chi connectivity index (χ0n) is 26.6. The van der Waals surface area contributed by atoms with Crippen LogP contribution >= 0.6 is 0 Å². The Hall–Kier alpha value is -6.13. The Bertz CT molecular complexity index is 2300. The number of piperazine rings is 1. The van der Waals surface area contributed by atoms with E-state index in [0.29, 0.717) is 22.6 Å². The van der Waals surface area contributed by atoms with Gasteiger partial charge in [0.1, 0.15) is 18.0 Å². The highest BCUT2D eigenvalue weighted by molar-refractivity contribution is 5.93. The third-order valence-electron chi connectivity index (χ3n) is 9.24. The average Bonchev–Trinajstić information content (AvgIpc) is 3.57. The molecule has 0 spiro atoms. The van der Waals surface area contributed by atoms with Gasteiger partial charge in [-0.1, -0.05) is 66.7 Å². The van der Waals surface area contributed by atoms with E-state index < -0.39 is 17.3 Å². The van der Waals surface area contributed by atoms with Crippen molar-refractivity contribution < 1.29 is 9.18 Å². The second kappa shape index (κ2) is 12.5. The van der Waals surface area contributed by atoms with Crippen LogP contribution < -0.4 is 21.3 Å². The van der Waals surface area contributed by atoms with Gasteiger partial charge in [-0.15, -0.1) is 0 Å². The van der Waals surface area contributed by atoms with Crippen molar-refractivity contribution in [1.29, 1.82) is 0 Å². The van der Waals surface area contributed by atoms with Gasteiger partial charge < -0.3 is 21.3 Å². The van der Waals surface area contributed by atoms with Crippen molar-refractivity contribution in [1.82, 2.24) is 25.1 Å². The number of benzene rings is 5. The van der Waals surface area contributed by atoms with Crippen LogP contribution in [0.1, 0.15) is 11.1 Å². The first kappa shape index (κ1) is 30.2. The van der Waals surface area contributed by atoms with Gasteiger partial charge in [0.25, 0.3) is 5.91 Å². The largest absolute Gasteiger partial charge is 0.369 e. The molecule has 0 aliphatic carbocycles. The number of primary amides is 1. The molecule has 10 heteroatoms. The van der Waals surface area contributed by atoms with Crippen LogP contribution in [0.15, 0.2) is 128 Å². The number of nitrogens with two attached hydrogens (primary N) is 1. The van der Waals surface area contributed by atoms with Crippen LogP contribution in [0.5, 0.6) is 0 Å². The lowest BCUT2D eigenvalue weighted by atomic mass is 9.81. The maximum absolute atomic E-state index is 16.5. The Labute approximate surface area is 282 Å². The highest BCUT2D eigenvalue weighted by Crippen LogP contribution is 2.38. The standard InChI is InChI=1S/C39H33FN8O/c40-34-23-30(45-37-32-8-4-5-9-36(32)43-25-44-37)13-16-33(34)39(38(41)49,29-6-2-1-3-7-29)48-24-28-22-27(12-17-35(28)46-48)26-10-14-31(15-11-26)47-20-18-42-19-21-47/h1-17,22-25,42H,18-21H2,(H2,41,49)(H,43,44,45). The molecule has 5 aromatic carbocycles. The number of carbonyl (C=O) groups is 1. The van der Waals surface area contributed by atoms with Crippen LogP contribution in [-0.2, 0) is 10.3 Å². The Kier molecular flexibility index (Phi) is 7.69. The number of rotatable bonds is 8. The van der Waals surface area contributed by atoms with E-state index in [0.717, 1.165) is 53.6 Å². The number of anilines is 3. The predicted molar refractivity (Wildman–Crippen MR) is 191 cm³/mol. The van der Waals surface area contributed by atoms with E-state index >= 15 is 4.39 Å². The molecule has 8 rings (SSSR count). The maximum Gasteiger partial charge on any atom is 0.254 e. The van der Waals surface area contributed by atoms with Crippen molar-refractivity contribution >= 4 is 44.9 Å². The number of aromatic nitrogens is 4. The maximum atomic E-state index is 16.5. The van der Waals surface area contributed by atoms with E-state index in [1.807, 2.05) is 48.5 Å². The summed E-state index contributed by atoms with van der Waals surface area (Å²) >= 11 is 0. The van der Waals surface area contributed by atoms with Gasteiger partial charge >= 0.3 is 0 Å². The van der Waals surface area contributed by atoms with Crippen LogP contribution in [-0.4, -0.2) is 51.8 Å². The zero-order chi connectivity index (χ0) is 33.4. The number of nitrogens with zero attached hydrogens (tertiary/aromatic N) is 5. The fraction of sp³-hybridized carbons (Fsp3) is 0.128. The van der Waals surface area contributed by atoms with E-state index in [2.05, 4.69) is 49.8 Å². The lowest BCUT2D eigenvalue weighted by Crippen LogP contribution is -2.49. The van der Waals surface area contributed by atoms with Gasteiger partial charge in [0, 0.05) is 60.1 Å². The minimum absolute atomic E-state index is 0.0702. The number of hydrogen-bond acceptors (Lipinski definition) is 7. The third-order valence-corrected chi connectivity index (χ3v) is 9.24. The first-order chi connectivity index (χ1) is 24.0. The molecule has 2 aromatic heterocycles. The van der Waals surface area contributed by atoms with E-state index in [4.69, 9.17) is 10.8 Å². The van der Waals surface area contributed by atoms with Gasteiger partial charge in [-0.3, -0.25) is 4.79 Å². The molecule has 4 N–H and O–H groups in total. The van der Waals surface area contributed by atoms with Crippen molar-refractivity contribution in [3.8, 4) is 11.1 Å². The molecular weight excluding hydrogens is 615 g/mol. The molecule has 0 radical (unpaired) electrons. The smallest absolute Gasteiger partial charge is 0.254 e. The second-order valence-corrected chi connectivity index (χ2v) is 12.1. The molecule has 1 fully saturated rings. The van der Waals surface area contributed by atoms with Crippen LogP contribution in [0.25, 0.3) is 32.9 Å². The summed E-state index contributed by atoms with van der Waals surface area (Å²) in [5.41, 5.74) is 10.2. The first-order valence-electron chi connectivity index (χ1n) is 16.2. The quantitative estimate of drug-likeness (QED) is 0.179. The molecule has 9 nitrogen and oxygen atoms in total. The number of hydrogen-bond donors (Lipinski definition) is 3. The van der Waals surface area contributed by atoms with Crippen LogP contribution in [0.2, 0.25) is 0 Å². The Balaban J connectivity index is 1.19. The van der Waals surface area contributed by atoms with E-state index in [9.17, 15) is 4.79 Å². The van der Waals surface area contributed by atoms with Gasteiger partial charge in [-0.05, 0) is 65.2 Å². The zero-order valence-corrected chi connectivity index (χ0v) is 26.6. The molecule has 0 bridgehead atoms. The highest BCUT2D eigenvalue weighted by atomic mass is 19.1. The summed E-state index contributed by atoms with van der Waals surface area (Å²) in [5.74, 6) is -0.859. The van der Waals surface area contributed by atoms with Crippen molar-refractivity contribution in [3.63, 3.8) is 0 Å². The molecular formula is C39H33FN8O. The van der Waals surface area contributed by atoms with Gasteiger partial charge in [0.2, 0.25) is 0 Å². The summed E-state index contributed by atoms with van der Waals surface area (Å²) in [6.07, 6.45) is 3.23. The van der Waals surface area contributed by atoms with Gasteiger partial charge in [-0.25, -0.2) is 19.0 Å². The fourth-order valence-electron chi connectivity index (χ4n) is 6.77.